The first kappa shape index (κ1) is 16.0. The van der Waals surface area contributed by atoms with Crippen LogP contribution in [-0.4, -0.2) is 31.0 Å². The van der Waals surface area contributed by atoms with E-state index in [4.69, 9.17) is 10.00 Å². The van der Waals surface area contributed by atoms with Crippen molar-refractivity contribution >= 4 is 11.6 Å². The number of piperidine rings is 1. The fourth-order valence-electron chi connectivity index (χ4n) is 3.00. The predicted octanol–water partition coefficient (Wildman–Crippen LogP) is 3.06. The van der Waals surface area contributed by atoms with Crippen LogP contribution in [0.1, 0.15) is 28.8 Å². The number of hydrogen-bond acceptors (Lipinski definition) is 5. The molecule has 0 atom stereocenters. The van der Waals surface area contributed by atoms with E-state index in [-0.39, 0.29) is 11.7 Å². The predicted molar refractivity (Wildman–Crippen MR) is 91.2 cm³/mol. The largest absolute Gasteiger partial charge is 0.497 e. The standard InChI is InChI=1S/C19H19N3O2/c1-24-17-5-3-15(4-6-17)19(23)16-8-10-22(11-9-16)18-7-2-14(12-20)13-21-18/h2-7,13,16H,8-11H2,1H3. The van der Waals surface area contributed by atoms with E-state index in [2.05, 4.69) is 16.0 Å². The lowest BCUT2D eigenvalue weighted by Gasteiger charge is -2.32. The number of ketones is 1. The van der Waals surface area contributed by atoms with Gasteiger partial charge in [0.05, 0.1) is 12.7 Å². The molecule has 24 heavy (non-hydrogen) atoms. The summed E-state index contributed by atoms with van der Waals surface area (Å²) in [6.45, 7) is 1.59. The van der Waals surface area contributed by atoms with Crippen molar-refractivity contribution in [1.29, 1.82) is 5.26 Å². The van der Waals surface area contributed by atoms with E-state index >= 15 is 0 Å². The van der Waals surface area contributed by atoms with Gasteiger partial charge in [-0.05, 0) is 49.2 Å². The molecule has 1 aliphatic rings. The summed E-state index contributed by atoms with van der Waals surface area (Å²) < 4.78 is 5.13. The number of rotatable bonds is 4. The summed E-state index contributed by atoms with van der Waals surface area (Å²) in [7, 11) is 1.61. The van der Waals surface area contributed by atoms with Gasteiger partial charge in [0, 0.05) is 30.8 Å². The minimum atomic E-state index is 0.0491. The Balaban J connectivity index is 1.61. The first-order valence-electron chi connectivity index (χ1n) is 8.00. The number of carbonyl (C=O) groups is 1. The number of benzene rings is 1. The van der Waals surface area contributed by atoms with Crippen LogP contribution in [0.4, 0.5) is 5.82 Å². The van der Waals surface area contributed by atoms with Gasteiger partial charge in [-0.3, -0.25) is 4.79 Å². The van der Waals surface area contributed by atoms with Gasteiger partial charge in [-0.1, -0.05) is 0 Å². The number of nitrogens with zero attached hydrogens (tertiary/aromatic N) is 3. The van der Waals surface area contributed by atoms with Crippen LogP contribution in [-0.2, 0) is 0 Å². The molecule has 1 aromatic heterocycles. The van der Waals surface area contributed by atoms with Gasteiger partial charge in [-0.2, -0.15) is 5.26 Å². The normalized spacial score (nSPS) is 14.9. The van der Waals surface area contributed by atoms with Crippen LogP contribution in [0.25, 0.3) is 0 Å². The molecule has 5 heteroatoms. The molecule has 5 nitrogen and oxygen atoms in total. The summed E-state index contributed by atoms with van der Waals surface area (Å²) in [5.74, 6) is 1.87. The van der Waals surface area contributed by atoms with Crippen molar-refractivity contribution in [3.8, 4) is 11.8 Å². The van der Waals surface area contributed by atoms with E-state index in [0.29, 0.717) is 5.56 Å². The number of pyridine rings is 1. The molecule has 0 amide bonds. The lowest BCUT2D eigenvalue weighted by molar-refractivity contribution is 0.0900. The van der Waals surface area contributed by atoms with Gasteiger partial charge in [0.2, 0.25) is 0 Å². The minimum Gasteiger partial charge on any atom is -0.497 e. The van der Waals surface area contributed by atoms with Crippen LogP contribution < -0.4 is 9.64 Å². The Morgan fingerprint density at radius 1 is 1.21 bits per heavy atom. The fourth-order valence-corrected chi connectivity index (χ4v) is 3.00. The number of aromatic nitrogens is 1. The van der Waals surface area contributed by atoms with E-state index in [1.54, 1.807) is 19.4 Å². The molecule has 0 bridgehead atoms. The van der Waals surface area contributed by atoms with E-state index in [0.717, 1.165) is 43.1 Å². The number of methoxy groups -OCH3 is 1. The molecule has 0 aliphatic carbocycles. The van der Waals surface area contributed by atoms with Crippen LogP contribution in [0.5, 0.6) is 5.75 Å². The average molecular weight is 321 g/mol. The van der Waals surface area contributed by atoms with Crippen molar-refractivity contribution in [3.63, 3.8) is 0 Å². The second-order valence-electron chi connectivity index (χ2n) is 5.87. The summed E-state index contributed by atoms with van der Waals surface area (Å²) in [4.78, 5) is 19.1. The third kappa shape index (κ3) is 3.38. The first-order chi connectivity index (χ1) is 11.7. The van der Waals surface area contributed by atoms with Crippen molar-refractivity contribution in [3.05, 3.63) is 53.7 Å². The van der Waals surface area contributed by atoms with Crippen LogP contribution >= 0.6 is 0 Å². The fraction of sp³-hybridized carbons (Fsp3) is 0.316. The number of nitriles is 1. The smallest absolute Gasteiger partial charge is 0.166 e. The maximum Gasteiger partial charge on any atom is 0.166 e. The molecule has 1 saturated heterocycles. The Labute approximate surface area is 141 Å². The highest BCUT2D eigenvalue weighted by Gasteiger charge is 2.26. The number of Topliss-reactive ketones (excluding diaryl/α,β-unsaturated/α-hetero) is 1. The molecule has 1 fully saturated rings. The van der Waals surface area contributed by atoms with Crippen molar-refractivity contribution in [2.75, 3.05) is 25.1 Å². The number of carbonyl (C=O) groups excluding carboxylic acids is 1. The van der Waals surface area contributed by atoms with E-state index in [1.165, 1.54) is 0 Å². The molecular formula is C19H19N3O2. The zero-order valence-corrected chi connectivity index (χ0v) is 13.6. The Morgan fingerprint density at radius 2 is 1.92 bits per heavy atom. The maximum absolute atomic E-state index is 12.6. The zero-order valence-electron chi connectivity index (χ0n) is 13.6. The lowest BCUT2D eigenvalue weighted by Crippen LogP contribution is -2.36. The molecule has 2 aromatic rings. The highest BCUT2D eigenvalue weighted by atomic mass is 16.5. The van der Waals surface area contributed by atoms with Gasteiger partial charge < -0.3 is 9.64 Å². The Kier molecular flexibility index (Phi) is 4.76. The molecule has 0 saturated carbocycles. The van der Waals surface area contributed by atoms with Crippen molar-refractivity contribution < 1.29 is 9.53 Å². The molecule has 0 N–H and O–H groups in total. The number of anilines is 1. The summed E-state index contributed by atoms with van der Waals surface area (Å²) in [5.41, 5.74) is 1.30. The van der Waals surface area contributed by atoms with Crippen LogP contribution in [0, 0.1) is 17.2 Å². The van der Waals surface area contributed by atoms with Gasteiger partial charge >= 0.3 is 0 Å². The number of ether oxygens (including phenoxy) is 1. The highest BCUT2D eigenvalue weighted by molar-refractivity contribution is 5.98. The summed E-state index contributed by atoms with van der Waals surface area (Å²) in [6, 6.07) is 13.0. The molecular weight excluding hydrogens is 302 g/mol. The van der Waals surface area contributed by atoms with Gasteiger partial charge in [0.25, 0.3) is 0 Å². The average Bonchev–Trinajstić information content (AvgIpc) is 2.68. The Hall–Kier alpha value is -2.87. The topological polar surface area (TPSA) is 66.2 Å². The van der Waals surface area contributed by atoms with E-state index in [9.17, 15) is 4.79 Å². The quantitative estimate of drug-likeness (QED) is 0.810. The van der Waals surface area contributed by atoms with Crippen molar-refractivity contribution in [2.45, 2.75) is 12.8 Å². The highest BCUT2D eigenvalue weighted by Crippen LogP contribution is 2.25. The Bertz CT molecular complexity index is 740. The van der Waals surface area contributed by atoms with Gasteiger partial charge in [-0.15, -0.1) is 0 Å². The van der Waals surface area contributed by atoms with Crippen molar-refractivity contribution in [2.24, 2.45) is 5.92 Å². The molecule has 1 aromatic carbocycles. The lowest BCUT2D eigenvalue weighted by atomic mass is 9.89. The third-order valence-corrected chi connectivity index (χ3v) is 4.44. The molecule has 0 unspecified atom stereocenters. The van der Waals surface area contributed by atoms with E-state index < -0.39 is 0 Å². The monoisotopic (exact) mass is 321 g/mol. The molecule has 0 radical (unpaired) electrons. The second-order valence-corrected chi connectivity index (χ2v) is 5.87. The molecule has 122 valence electrons. The van der Waals surface area contributed by atoms with Crippen LogP contribution in [0.2, 0.25) is 0 Å². The Morgan fingerprint density at radius 3 is 2.46 bits per heavy atom. The third-order valence-electron chi connectivity index (χ3n) is 4.44. The SMILES string of the molecule is COc1ccc(C(=O)C2CCN(c3ccc(C#N)cn3)CC2)cc1. The summed E-state index contributed by atoms with van der Waals surface area (Å²) in [5, 5.41) is 8.83. The first-order valence-corrected chi connectivity index (χ1v) is 8.00. The molecule has 0 spiro atoms. The molecule has 1 aliphatic heterocycles. The van der Waals surface area contributed by atoms with E-state index in [1.807, 2.05) is 30.3 Å². The van der Waals surface area contributed by atoms with Crippen LogP contribution in [0.15, 0.2) is 42.6 Å². The summed E-state index contributed by atoms with van der Waals surface area (Å²) in [6.07, 6.45) is 3.21. The zero-order chi connectivity index (χ0) is 16.9. The van der Waals surface area contributed by atoms with Gasteiger partial charge in [0.1, 0.15) is 17.6 Å². The van der Waals surface area contributed by atoms with Gasteiger partial charge in [-0.25, -0.2) is 4.98 Å². The number of hydrogen-bond donors (Lipinski definition) is 0. The van der Waals surface area contributed by atoms with Crippen LogP contribution in [0.3, 0.4) is 0 Å². The minimum absolute atomic E-state index is 0.0491. The molecule has 2 heterocycles. The summed E-state index contributed by atoms with van der Waals surface area (Å²) >= 11 is 0. The maximum atomic E-state index is 12.6. The molecule has 3 rings (SSSR count). The van der Waals surface area contributed by atoms with Crippen molar-refractivity contribution in [1.82, 2.24) is 4.98 Å². The second kappa shape index (κ2) is 7.14. The van der Waals surface area contributed by atoms with Gasteiger partial charge in [0.15, 0.2) is 5.78 Å².